The lowest BCUT2D eigenvalue weighted by Crippen LogP contribution is -2.32. The standard InChI is InChI=1S/C19H19N5O2/c1-24-11-14(18(23-24)12-4-3-9-20-10-12)19(26)22-16-6-2-5-15-13(16)7-8-17(25)21-15/h3-4,7-11,16H,2,5-6H2,1H3,(H,21,25)(H,22,26). The minimum Gasteiger partial charge on any atom is -0.345 e. The van der Waals surface area contributed by atoms with E-state index >= 15 is 0 Å². The summed E-state index contributed by atoms with van der Waals surface area (Å²) < 4.78 is 1.63. The fourth-order valence-electron chi connectivity index (χ4n) is 3.46. The molecule has 0 spiro atoms. The molecule has 0 aliphatic heterocycles. The normalized spacial score (nSPS) is 16.1. The number of amides is 1. The number of nitrogens with zero attached hydrogens (tertiary/aromatic N) is 3. The Bertz CT molecular complexity index is 1010. The molecule has 7 heteroatoms. The molecule has 1 atom stereocenters. The van der Waals surface area contributed by atoms with Gasteiger partial charge in [0.05, 0.1) is 11.6 Å². The first kappa shape index (κ1) is 16.3. The van der Waals surface area contributed by atoms with Crippen molar-refractivity contribution < 1.29 is 4.79 Å². The van der Waals surface area contributed by atoms with Crippen LogP contribution in [0.1, 0.15) is 40.5 Å². The molecule has 0 saturated heterocycles. The highest BCUT2D eigenvalue weighted by Gasteiger charge is 2.25. The van der Waals surface area contributed by atoms with Crippen LogP contribution >= 0.6 is 0 Å². The van der Waals surface area contributed by atoms with E-state index in [2.05, 4.69) is 20.4 Å². The Morgan fingerprint density at radius 2 is 2.23 bits per heavy atom. The summed E-state index contributed by atoms with van der Waals surface area (Å²) in [6.45, 7) is 0. The zero-order valence-electron chi connectivity index (χ0n) is 14.4. The van der Waals surface area contributed by atoms with Gasteiger partial charge in [0, 0.05) is 43.0 Å². The van der Waals surface area contributed by atoms with Crippen molar-refractivity contribution in [1.82, 2.24) is 25.1 Å². The highest BCUT2D eigenvalue weighted by molar-refractivity contribution is 6.00. The van der Waals surface area contributed by atoms with Gasteiger partial charge >= 0.3 is 0 Å². The number of hydrogen-bond donors (Lipinski definition) is 2. The smallest absolute Gasteiger partial charge is 0.255 e. The Labute approximate surface area is 150 Å². The van der Waals surface area contributed by atoms with Gasteiger partial charge in [-0.3, -0.25) is 19.3 Å². The molecule has 3 aromatic heterocycles. The summed E-state index contributed by atoms with van der Waals surface area (Å²) in [6, 6.07) is 6.90. The first-order valence-corrected chi connectivity index (χ1v) is 8.59. The molecule has 3 aromatic rings. The lowest BCUT2D eigenvalue weighted by atomic mass is 9.91. The number of nitrogens with one attached hydrogen (secondary N) is 2. The van der Waals surface area contributed by atoms with Gasteiger partial charge in [0.15, 0.2) is 0 Å². The molecule has 3 heterocycles. The largest absolute Gasteiger partial charge is 0.345 e. The Morgan fingerprint density at radius 3 is 3.04 bits per heavy atom. The second-order valence-electron chi connectivity index (χ2n) is 6.48. The van der Waals surface area contributed by atoms with Crippen LogP contribution in [0.25, 0.3) is 11.3 Å². The minimum atomic E-state index is -0.180. The van der Waals surface area contributed by atoms with E-state index in [9.17, 15) is 9.59 Å². The number of aromatic nitrogens is 4. The van der Waals surface area contributed by atoms with Crippen molar-refractivity contribution in [3.05, 3.63) is 70.0 Å². The van der Waals surface area contributed by atoms with Crippen molar-refractivity contribution in [2.24, 2.45) is 7.05 Å². The minimum absolute atomic E-state index is 0.109. The number of pyridine rings is 2. The molecule has 0 aromatic carbocycles. The summed E-state index contributed by atoms with van der Waals surface area (Å²) in [5.41, 5.74) is 3.70. The SMILES string of the molecule is Cn1cc(C(=O)NC2CCCc3[nH]c(=O)ccc32)c(-c2cccnc2)n1. The number of fused-ring (bicyclic) bond motifs is 1. The van der Waals surface area contributed by atoms with E-state index in [0.29, 0.717) is 11.3 Å². The maximum Gasteiger partial charge on any atom is 0.255 e. The molecular formula is C19H19N5O2. The highest BCUT2D eigenvalue weighted by atomic mass is 16.1. The molecule has 1 unspecified atom stereocenters. The molecule has 1 aliphatic carbocycles. The van der Waals surface area contributed by atoms with Gasteiger partial charge in [0.25, 0.3) is 5.91 Å². The molecule has 0 fully saturated rings. The van der Waals surface area contributed by atoms with Crippen LogP contribution in [-0.2, 0) is 13.5 Å². The molecule has 7 nitrogen and oxygen atoms in total. The zero-order chi connectivity index (χ0) is 18.1. The predicted octanol–water partition coefficient (Wildman–Crippen LogP) is 1.98. The van der Waals surface area contributed by atoms with E-state index in [1.807, 2.05) is 18.2 Å². The number of carbonyl (C=O) groups excluding carboxylic acids is 1. The van der Waals surface area contributed by atoms with Crippen LogP contribution in [0.2, 0.25) is 0 Å². The average molecular weight is 349 g/mol. The second-order valence-corrected chi connectivity index (χ2v) is 6.48. The zero-order valence-corrected chi connectivity index (χ0v) is 14.4. The van der Waals surface area contributed by atoms with E-state index in [1.165, 1.54) is 6.07 Å². The third-order valence-corrected chi connectivity index (χ3v) is 4.65. The fourth-order valence-corrected chi connectivity index (χ4v) is 3.46. The maximum atomic E-state index is 12.9. The molecular weight excluding hydrogens is 330 g/mol. The number of rotatable bonds is 3. The van der Waals surface area contributed by atoms with Gasteiger partial charge in [0.2, 0.25) is 5.56 Å². The van der Waals surface area contributed by atoms with Crippen molar-refractivity contribution in [2.75, 3.05) is 0 Å². The van der Waals surface area contributed by atoms with Crippen molar-refractivity contribution in [2.45, 2.75) is 25.3 Å². The van der Waals surface area contributed by atoms with E-state index in [4.69, 9.17) is 0 Å². The first-order chi connectivity index (χ1) is 12.6. The summed E-state index contributed by atoms with van der Waals surface area (Å²) in [6.07, 6.45) is 7.68. The average Bonchev–Trinajstić information content (AvgIpc) is 3.04. The van der Waals surface area contributed by atoms with Crippen molar-refractivity contribution >= 4 is 5.91 Å². The molecule has 0 radical (unpaired) electrons. The third-order valence-electron chi connectivity index (χ3n) is 4.65. The third kappa shape index (κ3) is 3.03. The Hall–Kier alpha value is -3.22. The summed E-state index contributed by atoms with van der Waals surface area (Å²) in [5.74, 6) is -0.180. The number of aryl methyl sites for hydroxylation is 2. The van der Waals surface area contributed by atoms with Crippen molar-refractivity contribution in [3.8, 4) is 11.3 Å². The van der Waals surface area contributed by atoms with E-state index < -0.39 is 0 Å². The predicted molar refractivity (Wildman–Crippen MR) is 96.6 cm³/mol. The highest BCUT2D eigenvalue weighted by Crippen LogP contribution is 2.28. The Balaban J connectivity index is 1.64. The monoisotopic (exact) mass is 349 g/mol. The number of H-pyrrole nitrogens is 1. The Morgan fingerprint density at radius 1 is 1.35 bits per heavy atom. The Kier molecular flexibility index (Phi) is 4.12. The fraction of sp³-hybridized carbons (Fsp3) is 0.263. The van der Waals surface area contributed by atoms with Crippen LogP contribution in [0.5, 0.6) is 0 Å². The summed E-state index contributed by atoms with van der Waals surface area (Å²) in [5, 5.41) is 7.52. The first-order valence-electron chi connectivity index (χ1n) is 8.59. The topological polar surface area (TPSA) is 92.7 Å². The second kappa shape index (κ2) is 6.59. The van der Waals surface area contributed by atoms with E-state index in [0.717, 1.165) is 36.1 Å². The van der Waals surface area contributed by atoms with Gasteiger partial charge < -0.3 is 10.3 Å². The summed E-state index contributed by atoms with van der Waals surface area (Å²) >= 11 is 0. The van der Waals surface area contributed by atoms with Gasteiger partial charge in [-0.1, -0.05) is 0 Å². The van der Waals surface area contributed by atoms with Gasteiger partial charge in [-0.05, 0) is 43.0 Å². The van der Waals surface area contributed by atoms with Crippen molar-refractivity contribution in [1.29, 1.82) is 0 Å². The maximum absolute atomic E-state index is 12.9. The molecule has 0 bridgehead atoms. The molecule has 26 heavy (non-hydrogen) atoms. The van der Waals surface area contributed by atoms with E-state index in [-0.39, 0.29) is 17.5 Å². The van der Waals surface area contributed by atoms with Crippen LogP contribution in [0.4, 0.5) is 0 Å². The van der Waals surface area contributed by atoms with Crippen LogP contribution in [0.15, 0.2) is 47.7 Å². The lowest BCUT2D eigenvalue weighted by Gasteiger charge is -2.25. The summed E-state index contributed by atoms with van der Waals surface area (Å²) in [4.78, 5) is 31.5. The number of hydrogen-bond acceptors (Lipinski definition) is 4. The van der Waals surface area contributed by atoms with Gasteiger partial charge in [-0.2, -0.15) is 5.10 Å². The van der Waals surface area contributed by atoms with E-state index in [1.54, 1.807) is 30.3 Å². The van der Waals surface area contributed by atoms with Crippen LogP contribution in [-0.4, -0.2) is 25.7 Å². The van der Waals surface area contributed by atoms with Gasteiger partial charge in [0.1, 0.15) is 5.69 Å². The van der Waals surface area contributed by atoms with Crippen LogP contribution < -0.4 is 10.9 Å². The molecule has 4 rings (SSSR count). The van der Waals surface area contributed by atoms with Crippen LogP contribution in [0.3, 0.4) is 0 Å². The molecule has 1 amide bonds. The molecule has 0 saturated carbocycles. The van der Waals surface area contributed by atoms with Crippen LogP contribution in [0, 0.1) is 0 Å². The quantitative estimate of drug-likeness (QED) is 0.756. The van der Waals surface area contributed by atoms with Gasteiger partial charge in [-0.15, -0.1) is 0 Å². The lowest BCUT2D eigenvalue weighted by molar-refractivity contribution is 0.0933. The molecule has 2 N–H and O–H groups in total. The molecule has 132 valence electrons. The summed E-state index contributed by atoms with van der Waals surface area (Å²) in [7, 11) is 1.79. The number of aromatic amines is 1. The number of carbonyl (C=O) groups is 1. The van der Waals surface area contributed by atoms with Crippen molar-refractivity contribution in [3.63, 3.8) is 0 Å². The van der Waals surface area contributed by atoms with Gasteiger partial charge in [-0.25, -0.2) is 0 Å². The molecule has 1 aliphatic rings.